The lowest BCUT2D eigenvalue weighted by Crippen LogP contribution is -2.42. The first-order valence-electron chi connectivity index (χ1n) is 7.20. The maximum atomic E-state index is 12.0. The van der Waals surface area contributed by atoms with Crippen molar-refractivity contribution < 1.29 is 9.90 Å². The van der Waals surface area contributed by atoms with E-state index in [4.69, 9.17) is 5.11 Å². The summed E-state index contributed by atoms with van der Waals surface area (Å²) in [6.07, 6.45) is 6.70. The van der Waals surface area contributed by atoms with Crippen LogP contribution in [0.3, 0.4) is 0 Å². The van der Waals surface area contributed by atoms with Crippen molar-refractivity contribution in [3.63, 3.8) is 0 Å². The summed E-state index contributed by atoms with van der Waals surface area (Å²) in [6, 6.07) is 8.29. The van der Waals surface area contributed by atoms with E-state index in [1.807, 2.05) is 24.3 Å². The first kappa shape index (κ1) is 13.2. The van der Waals surface area contributed by atoms with Crippen molar-refractivity contribution in [2.75, 3.05) is 6.61 Å². The molecule has 0 spiro atoms. The van der Waals surface area contributed by atoms with Crippen LogP contribution in [0.4, 0.5) is 4.79 Å². The minimum absolute atomic E-state index is 0.0313. The highest BCUT2D eigenvalue weighted by atomic mass is 16.3. The SMILES string of the molecule is O=C(NC1CCc2ccccc21)N[C@@H]1C=C[C@H](CO)C1. The van der Waals surface area contributed by atoms with Crippen LogP contribution >= 0.6 is 0 Å². The number of hydrogen-bond donors (Lipinski definition) is 3. The molecule has 1 unspecified atom stereocenters. The number of benzene rings is 1. The summed E-state index contributed by atoms with van der Waals surface area (Å²) >= 11 is 0. The Morgan fingerprint density at radius 3 is 2.90 bits per heavy atom. The molecular weight excluding hydrogens is 252 g/mol. The Balaban J connectivity index is 1.54. The van der Waals surface area contributed by atoms with Gasteiger partial charge in [0.15, 0.2) is 0 Å². The predicted octanol–water partition coefficient (Wildman–Crippen LogP) is 1.91. The number of carbonyl (C=O) groups is 1. The lowest BCUT2D eigenvalue weighted by molar-refractivity contribution is 0.228. The third-order valence-corrected chi connectivity index (χ3v) is 4.16. The van der Waals surface area contributed by atoms with Crippen molar-refractivity contribution in [1.82, 2.24) is 10.6 Å². The molecule has 2 aliphatic rings. The first-order chi connectivity index (χ1) is 9.76. The molecule has 0 heterocycles. The van der Waals surface area contributed by atoms with Crippen LogP contribution in [-0.2, 0) is 6.42 Å². The number of aliphatic hydroxyl groups is 1. The monoisotopic (exact) mass is 272 g/mol. The Morgan fingerprint density at radius 2 is 2.10 bits per heavy atom. The second-order valence-corrected chi connectivity index (χ2v) is 5.58. The van der Waals surface area contributed by atoms with Gasteiger partial charge in [-0.3, -0.25) is 0 Å². The van der Waals surface area contributed by atoms with Gasteiger partial charge in [-0.2, -0.15) is 0 Å². The lowest BCUT2D eigenvalue weighted by atomic mass is 10.1. The van der Waals surface area contributed by atoms with E-state index in [9.17, 15) is 4.79 Å². The summed E-state index contributed by atoms with van der Waals surface area (Å²) < 4.78 is 0. The van der Waals surface area contributed by atoms with E-state index in [1.54, 1.807) is 0 Å². The van der Waals surface area contributed by atoms with Gasteiger partial charge in [-0.1, -0.05) is 36.4 Å². The molecule has 106 valence electrons. The normalized spacial score (nSPS) is 27.4. The third kappa shape index (κ3) is 2.70. The summed E-state index contributed by atoms with van der Waals surface area (Å²) in [5, 5.41) is 15.1. The topological polar surface area (TPSA) is 61.4 Å². The number of urea groups is 1. The average Bonchev–Trinajstić information content (AvgIpc) is 3.06. The average molecular weight is 272 g/mol. The van der Waals surface area contributed by atoms with Gasteiger partial charge in [0.1, 0.15) is 0 Å². The Kier molecular flexibility index (Phi) is 3.74. The molecule has 0 fully saturated rings. The first-order valence-corrected chi connectivity index (χ1v) is 7.20. The highest BCUT2D eigenvalue weighted by Gasteiger charge is 2.25. The van der Waals surface area contributed by atoms with Crippen LogP contribution in [0.2, 0.25) is 0 Å². The van der Waals surface area contributed by atoms with Gasteiger partial charge in [-0.25, -0.2) is 4.79 Å². The molecule has 0 bridgehead atoms. The fourth-order valence-corrected chi connectivity index (χ4v) is 3.09. The Labute approximate surface area is 118 Å². The van der Waals surface area contributed by atoms with Crippen LogP contribution < -0.4 is 10.6 Å². The van der Waals surface area contributed by atoms with E-state index < -0.39 is 0 Å². The predicted molar refractivity (Wildman–Crippen MR) is 77.3 cm³/mol. The van der Waals surface area contributed by atoms with Gasteiger partial charge in [0.2, 0.25) is 0 Å². The van der Waals surface area contributed by atoms with Crippen LogP contribution in [0.1, 0.15) is 30.0 Å². The van der Waals surface area contributed by atoms with Crippen molar-refractivity contribution in [3.8, 4) is 0 Å². The van der Waals surface area contributed by atoms with Gasteiger partial charge in [0.25, 0.3) is 0 Å². The molecule has 2 aliphatic carbocycles. The van der Waals surface area contributed by atoms with E-state index in [2.05, 4.69) is 22.8 Å². The lowest BCUT2D eigenvalue weighted by Gasteiger charge is -2.18. The number of amides is 2. The number of hydrogen-bond acceptors (Lipinski definition) is 2. The molecule has 1 aromatic carbocycles. The van der Waals surface area contributed by atoms with Crippen LogP contribution in [0.25, 0.3) is 0 Å². The summed E-state index contributed by atoms with van der Waals surface area (Å²) in [7, 11) is 0. The molecule has 0 aliphatic heterocycles. The van der Waals surface area contributed by atoms with E-state index in [0.717, 1.165) is 19.3 Å². The van der Waals surface area contributed by atoms with E-state index in [-0.39, 0.29) is 30.6 Å². The fourth-order valence-electron chi connectivity index (χ4n) is 3.09. The maximum absolute atomic E-state index is 12.0. The maximum Gasteiger partial charge on any atom is 0.315 e. The van der Waals surface area contributed by atoms with Gasteiger partial charge < -0.3 is 15.7 Å². The van der Waals surface area contributed by atoms with Crippen molar-refractivity contribution in [2.24, 2.45) is 5.92 Å². The van der Waals surface area contributed by atoms with Crippen LogP contribution in [-0.4, -0.2) is 23.8 Å². The quantitative estimate of drug-likeness (QED) is 0.736. The van der Waals surface area contributed by atoms with Gasteiger partial charge in [-0.15, -0.1) is 0 Å². The van der Waals surface area contributed by atoms with Crippen LogP contribution in [0.5, 0.6) is 0 Å². The zero-order chi connectivity index (χ0) is 13.9. The molecule has 4 nitrogen and oxygen atoms in total. The highest BCUT2D eigenvalue weighted by Crippen LogP contribution is 2.30. The largest absolute Gasteiger partial charge is 0.396 e. The van der Waals surface area contributed by atoms with E-state index >= 15 is 0 Å². The van der Waals surface area contributed by atoms with Crippen LogP contribution in [0, 0.1) is 5.92 Å². The third-order valence-electron chi connectivity index (χ3n) is 4.16. The molecule has 3 N–H and O–H groups in total. The van der Waals surface area contributed by atoms with E-state index in [1.165, 1.54) is 11.1 Å². The van der Waals surface area contributed by atoms with Crippen LogP contribution in [0.15, 0.2) is 36.4 Å². The molecule has 1 aromatic rings. The number of carbonyl (C=O) groups excluding carboxylic acids is 1. The number of aliphatic hydroxyl groups excluding tert-OH is 1. The zero-order valence-electron chi connectivity index (χ0n) is 11.4. The van der Waals surface area contributed by atoms with Gasteiger partial charge in [0.05, 0.1) is 6.04 Å². The molecule has 4 heteroatoms. The van der Waals surface area contributed by atoms with Crippen molar-refractivity contribution in [3.05, 3.63) is 47.5 Å². The number of nitrogens with one attached hydrogen (secondary N) is 2. The molecule has 0 radical (unpaired) electrons. The minimum Gasteiger partial charge on any atom is -0.396 e. The zero-order valence-corrected chi connectivity index (χ0v) is 11.4. The second kappa shape index (κ2) is 5.67. The van der Waals surface area contributed by atoms with Crippen molar-refractivity contribution in [2.45, 2.75) is 31.3 Å². The number of rotatable bonds is 3. The second-order valence-electron chi connectivity index (χ2n) is 5.58. The molecule has 3 rings (SSSR count). The molecule has 2 amide bonds. The summed E-state index contributed by atoms with van der Waals surface area (Å²) in [4.78, 5) is 12.0. The molecule has 20 heavy (non-hydrogen) atoms. The fraction of sp³-hybridized carbons (Fsp3) is 0.438. The van der Waals surface area contributed by atoms with Gasteiger partial charge >= 0.3 is 6.03 Å². The Bertz CT molecular complexity index is 527. The molecular formula is C16H20N2O2. The Hall–Kier alpha value is -1.81. The Morgan fingerprint density at radius 1 is 1.25 bits per heavy atom. The molecule has 0 saturated carbocycles. The van der Waals surface area contributed by atoms with Gasteiger partial charge in [0, 0.05) is 18.6 Å². The highest BCUT2D eigenvalue weighted by molar-refractivity contribution is 5.75. The van der Waals surface area contributed by atoms with Gasteiger partial charge in [-0.05, 0) is 30.4 Å². The van der Waals surface area contributed by atoms with Crippen molar-refractivity contribution in [1.29, 1.82) is 0 Å². The summed E-state index contributed by atoms with van der Waals surface area (Å²) in [6.45, 7) is 0.145. The molecule has 3 atom stereocenters. The molecule has 0 saturated heterocycles. The standard InChI is InChI=1S/C16H20N2O2/c19-10-11-5-7-13(9-11)17-16(20)18-15-8-6-12-3-1-2-4-14(12)15/h1-5,7,11,13,15,19H,6,8-10H2,(H2,17,18,20)/t11-,13+,15?/m0/s1. The van der Waals surface area contributed by atoms with E-state index in [0.29, 0.717) is 0 Å². The molecule has 0 aromatic heterocycles. The number of aryl methyl sites for hydroxylation is 1. The summed E-state index contributed by atoms with van der Waals surface area (Å²) in [5.41, 5.74) is 2.57. The minimum atomic E-state index is -0.125. The number of fused-ring (bicyclic) bond motifs is 1. The van der Waals surface area contributed by atoms with Crippen molar-refractivity contribution >= 4 is 6.03 Å². The smallest absolute Gasteiger partial charge is 0.315 e. The summed E-state index contributed by atoms with van der Waals surface area (Å²) in [5.74, 6) is 0.174.